The number of benzene rings is 1. The maximum absolute atomic E-state index is 10.4. The predicted molar refractivity (Wildman–Crippen MR) is 49.5 cm³/mol. The van der Waals surface area contributed by atoms with E-state index in [0.29, 0.717) is 5.56 Å². The Hall–Kier alpha value is -0.730. The molecule has 1 amide bonds. The minimum atomic E-state index is -0.379. The van der Waals surface area contributed by atoms with E-state index >= 15 is 0 Å². The third-order valence-electron chi connectivity index (χ3n) is 1.06. The minimum Gasteiger partial charge on any atom is -0.366 e. The monoisotopic (exact) mass is 193 g/mol. The summed E-state index contributed by atoms with van der Waals surface area (Å²) in [6, 6.07) is 8.76. The van der Waals surface area contributed by atoms with Gasteiger partial charge in [-0.15, -0.1) is 24.8 Å². The van der Waals surface area contributed by atoms with E-state index in [1.165, 1.54) is 0 Å². The second-order valence-corrected chi connectivity index (χ2v) is 1.73. The van der Waals surface area contributed by atoms with Crippen LogP contribution < -0.4 is 5.73 Å². The summed E-state index contributed by atoms with van der Waals surface area (Å²) in [7, 11) is 0. The number of hydrogen-bond acceptors (Lipinski definition) is 1. The molecule has 0 atom stereocenters. The summed E-state index contributed by atoms with van der Waals surface area (Å²) in [6.45, 7) is 0. The molecular weight excluding hydrogens is 185 g/mol. The molecule has 0 aliphatic rings. The van der Waals surface area contributed by atoms with Crippen molar-refractivity contribution < 1.29 is 4.79 Å². The van der Waals surface area contributed by atoms with E-state index in [1.807, 2.05) is 6.07 Å². The predicted octanol–water partition coefficient (Wildman–Crippen LogP) is 1.63. The van der Waals surface area contributed by atoms with Crippen LogP contribution >= 0.6 is 24.8 Å². The van der Waals surface area contributed by atoms with Gasteiger partial charge in [-0.1, -0.05) is 18.2 Å². The third-order valence-corrected chi connectivity index (χ3v) is 1.06. The van der Waals surface area contributed by atoms with Gasteiger partial charge in [0.15, 0.2) is 0 Å². The van der Waals surface area contributed by atoms with Crippen LogP contribution in [0.1, 0.15) is 10.4 Å². The zero-order valence-corrected chi connectivity index (χ0v) is 7.32. The summed E-state index contributed by atoms with van der Waals surface area (Å²) < 4.78 is 0. The second-order valence-electron chi connectivity index (χ2n) is 1.73. The topological polar surface area (TPSA) is 43.1 Å². The summed E-state index contributed by atoms with van der Waals surface area (Å²) >= 11 is 0. The number of hydrogen-bond donors (Lipinski definition) is 1. The number of nitrogens with two attached hydrogens (primary N) is 1. The van der Waals surface area contributed by atoms with Crippen molar-refractivity contribution in [3.05, 3.63) is 35.9 Å². The average molecular weight is 194 g/mol. The van der Waals surface area contributed by atoms with Crippen LogP contribution in [0.3, 0.4) is 0 Å². The molecule has 1 aromatic carbocycles. The summed E-state index contributed by atoms with van der Waals surface area (Å²) in [5, 5.41) is 0. The van der Waals surface area contributed by atoms with Gasteiger partial charge in [0.1, 0.15) is 0 Å². The lowest BCUT2D eigenvalue weighted by molar-refractivity contribution is 0.100. The molecular formula is C7H9Cl2NO. The summed E-state index contributed by atoms with van der Waals surface area (Å²) in [5.41, 5.74) is 5.53. The van der Waals surface area contributed by atoms with Crippen molar-refractivity contribution >= 4 is 30.7 Å². The molecule has 0 fully saturated rings. The van der Waals surface area contributed by atoms with E-state index < -0.39 is 0 Å². The summed E-state index contributed by atoms with van der Waals surface area (Å²) in [6.07, 6.45) is 0. The molecule has 0 spiro atoms. The fraction of sp³-hybridized carbons (Fsp3) is 0. The van der Waals surface area contributed by atoms with Gasteiger partial charge in [-0.3, -0.25) is 4.79 Å². The van der Waals surface area contributed by atoms with Crippen LogP contribution in [-0.4, -0.2) is 5.91 Å². The fourth-order valence-corrected chi connectivity index (χ4v) is 0.602. The largest absolute Gasteiger partial charge is 0.366 e. The first kappa shape index (κ1) is 12.9. The van der Waals surface area contributed by atoms with Crippen LogP contribution in [0.4, 0.5) is 0 Å². The van der Waals surface area contributed by atoms with Gasteiger partial charge in [-0.05, 0) is 12.1 Å². The van der Waals surface area contributed by atoms with Crippen molar-refractivity contribution in [1.82, 2.24) is 0 Å². The summed E-state index contributed by atoms with van der Waals surface area (Å²) in [4.78, 5) is 10.4. The molecule has 11 heavy (non-hydrogen) atoms. The molecule has 0 bridgehead atoms. The standard InChI is InChI=1S/C7H7NO.2ClH/c8-7(9)6-4-2-1-3-5-6;;/h1-5H,(H2,8,9);2*1H. The van der Waals surface area contributed by atoms with Gasteiger partial charge in [0.05, 0.1) is 0 Å². The maximum atomic E-state index is 10.4. The molecule has 0 aliphatic heterocycles. The van der Waals surface area contributed by atoms with Crippen LogP contribution in [0, 0.1) is 0 Å². The van der Waals surface area contributed by atoms with Crippen molar-refractivity contribution in [3.63, 3.8) is 0 Å². The number of carbonyl (C=O) groups excluding carboxylic acids is 1. The molecule has 62 valence electrons. The van der Waals surface area contributed by atoms with Gasteiger partial charge in [0, 0.05) is 5.56 Å². The number of carbonyl (C=O) groups is 1. The Morgan fingerprint density at radius 2 is 1.55 bits per heavy atom. The van der Waals surface area contributed by atoms with E-state index in [-0.39, 0.29) is 30.7 Å². The molecule has 2 N–H and O–H groups in total. The van der Waals surface area contributed by atoms with Crippen LogP contribution in [0.5, 0.6) is 0 Å². The maximum Gasteiger partial charge on any atom is 0.248 e. The smallest absolute Gasteiger partial charge is 0.248 e. The van der Waals surface area contributed by atoms with Gasteiger partial charge in [-0.25, -0.2) is 0 Å². The first-order valence-electron chi connectivity index (χ1n) is 2.65. The highest BCUT2D eigenvalue weighted by Gasteiger charge is 1.93. The molecule has 0 saturated heterocycles. The van der Waals surface area contributed by atoms with Crippen LogP contribution in [-0.2, 0) is 0 Å². The molecule has 2 nitrogen and oxygen atoms in total. The van der Waals surface area contributed by atoms with Crippen LogP contribution in [0.2, 0.25) is 0 Å². The van der Waals surface area contributed by atoms with Crippen LogP contribution in [0.15, 0.2) is 30.3 Å². The van der Waals surface area contributed by atoms with Crippen molar-refractivity contribution in [2.45, 2.75) is 0 Å². The highest BCUT2D eigenvalue weighted by molar-refractivity contribution is 5.92. The number of primary amides is 1. The van der Waals surface area contributed by atoms with E-state index in [9.17, 15) is 4.79 Å². The number of halogens is 2. The Bertz CT molecular complexity index is 213. The van der Waals surface area contributed by atoms with E-state index in [0.717, 1.165) is 0 Å². The Kier molecular flexibility index (Phi) is 7.05. The molecule has 4 heteroatoms. The minimum absolute atomic E-state index is 0. The number of rotatable bonds is 1. The van der Waals surface area contributed by atoms with Gasteiger partial charge < -0.3 is 5.73 Å². The highest BCUT2D eigenvalue weighted by Crippen LogP contribution is 1.94. The lowest BCUT2D eigenvalue weighted by Crippen LogP contribution is -2.09. The Morgan fingerprint density at radius 1 is 1.09 bits per heavy atom. The molecule has 0 radical (unpaired) electrons. The Labute approximate surface area is 77.6 Å². The SMILES string of the molecule is Cl.Cl.NC(=O)c1ccccc1. The summed E-state index contributed by atoms with van der Waals surface area (Å²) in [5.74, 6) is -0.379. The zero-order valence-electron chi connectivity index (χ0n) is 5.69. The van der Waals surface area contributed by atoms with Crippen LogP contribution in [0.25, 0.3) is 0 Å². The fourth-order valence-electron chi connectivity index (χ4n) is 0.602. The number of amides is 1. The molecule has 0 saturated carbocycles. The molecule has 0 heterocycles. The van der Waals surface area contributed by atoms with E-state index in [4.69, 9.17) is 5.73 Å². The lowest BCUT2D eigenvalue weighted by atomic mass is 10.2. The Balaban J connectivity index is 0. The Morgan fingerprint density at radius 3 is 1.82 bits per heavy atom. The van der Waals surface area contributed by atoms with E-state index in [1.54, 1.807) is 24.3 Å². The molecule has 0 aromatic heterocycles. The van der Waals surface area contributed by atoms with Crippen molar-refractivity contribution in [2.24, 2.45) is 5.73 Å². The molecule has 0 aliphatic carbocycles. The molecule has 1 aromatic rings. The average Bonchev–Trinajstić information content (AvgIpc) is 1.90. The normalized spacial score (nSPS) is 7.27. The van der Waals surface area contributed by atoms with E-state index in [2.05, 4.69) is 0 Å². The van der Waals surface area contributed by atoms with Gasteiger partial charge >= 0.3 is 0 Å². The van der Waals surface area contributed by atoms with Gasteiger partial charge in [0.2, 0.25) is 5.91 Å². The van der Waals surface area contributed by atoms with Gasteiger partial charge in [0.25, 0.3) is 0 Å². The third kappa shape index (κ3) is 3.86. The molecule has 1 rings (SSSR count). The highest BCUT2D eigenvalue weighted by atomic mass is 35.5. The lowest BCUT2D eigenvalue weighted by Gasteiger charge is -1.89. The van der Waals surface area contributed by atoms with Gasteiger partial charge in [-0.2, -0.15) is 0 Å². The zero-order chi connectivity index (χ0) is 6.69. The first-order chi connectivity index (χ1) is 4.30. The van der Waals surface area contributed by atoms with Crippen molar-refractivity contribution in [3.8, 4) is 0 Å². The quantitative estimate of drug-likeness (QED) is 0.725. The van der Waals surface area contributed by atoms with Crippen molar-refractivity contribution in [1.29, 1.82) is 0 Å². The second kappa shape index (κ2) is 6.01. The molecule has 0 unspecified atom stereocenters. The van der Waals surface area contributed by atoms with Crippen molar-refractivity contribution in [2.75, 3.05) is 0 Å². The first-order valence-corrected chi connectivity index (χ1v) is 2.65.